The van der Waals surface area contributed by atoms with Crippen LogP contribution >= 0.6 is 11.3 Å². The van der Waals surface area contributed by atoms with Gasteiger partial charge in [-0.1, -0.05) is 17.2 Å². The van der Waals surface area contributed by atoms with Crippen molar-refractivity contribution in [2.45, 2.75) is 26.8 Å². The van der Waals surface area contributed by atoms with Crippen LogP contribution in [0.2, 0.25) is 0 Å². The van der Waals surface area contributed by atoms with Gasteiger partial charge in [-0.05, 0) is 33.0 Å². The number of amides is 1. The van der Waals surface area contributed by atoms with Crippen LogP contribution in [0.4, 0.5) is 5.13 Å². The highest BCUT2D eigenvalue weighted by atomic mass is 32.1. The molecule has 0 saturated carbocycles. The number of benzene rings is 1. The fraction of sp³-hybridized carbons (Fsp3) is 0.375. The highest BCUT2D eigenvalue weighted by Crippen LogP contribution is 2.28. The predicted molar refractivity (Wildman–Crippen MR) is 86.0 cm³/mol. The smallest absolute Gasteiger partial charge is 0.257 e. The highest BCUT2D eigenvalue weighted by Gasteiger charge is 2.19. The lowest BCUT2D eigenvalue weighted by Crippen LogP contribution is -2.25. The normalized spacial score (nSPS) is 14.8. The van der Waals surface area contributed by atoms with Crippen molar-refractivity contribution in [1.82, 2.24) is 9.88 Å². The molecular formula is C16H19N3OS. The second kappa shape index (κ2) is 5.58. The molecule has 1 aromatic carbocycles. The maximum absolute atomic E-state index is 12.3. The Labute approximate surface area is 128 Å². The maximum Gasteiger partial charge on any atom is 0.257 e. The number of carbonyl (C=O) groups excluding carboxylic acids is 1. The van der Waals surface area contributed by atoms with Crippen LogP contribution in [0, 0.1) is 13.8 Å². The monoisotopic (exact) mass is 301 g/mol. The molecule has 0 radical (unpaired) electrons. The van der Waals surface area contributed by atoms with Gasteiger partial charge in [0.1, 0.15) is 0 Å². The largest absolute Gasteiger partial charge is 0.301 e. The number of rotatable bonds is 2. The van der Waals surface area contributed by atoms with Crippen molar-refractivity contribution in [2.24, 2.45) is 0 Å². The zero-order valence-electron chi connectivity index (χ0n) is 12.6. The third-order valence-corrected chi connectivity index (χ3v) is 4.62. The van der Waals surface area contributed by atoms with Crippen molar-refractivity contribution in [3.63, 3.8) is 0 Å². The molecule has 2 aromatic rings. The molecule has 0 saturated heterocycles. The van der Waals surface area contributed by atoms with Crippen LogP contribution in [0.25, 0.3) is 0 Å². The van der Waals surface area contributed by atoms with E-state index in [-0.39, 0.29) is 5.91 Å². The molecule has 1 aliphatic rings. The molecule has 1 aliphatic heterocycles. The van der Waals surface area contributed by atoms with E-state index in [1.807, 2.05) is 26.0 Å². The molecule has 110 valence electrons. The quantitative estimate of drug-likeness (QED) is 0.927. The van der Waals surface area contributed by atoms with Crippen molar-refractivity contribution < 1.29 is 4.79 Å². The van der Waals surface area contributed by atoms with Crippen molar-refractivity contribution >= 4 is 22.4 Å². The van der Waals surface area contributed by atoms with Gasteiger partial charge in [0.15, 0.2) is 5.13 Å². The lowest BCUT2D eigenvalue weighted by molar-refractivity contribution is 0.102. The number of carbonyl (C=O) groups is 1. The molecule has 5 heteroatoms. The highest BCUT2D eigenvalue weighted by molar-refractivity contribution is 7.15. The number of aromatic nitrogens is 1. The van der Waals surface area contributed by atoms with Crippen LogP contribution in [-0.2, 0) is 13.0 Å². The second-order valence-corrected chi connectivity index (χ2v) is 6.79. The average Bonchev–Trinajstić information content (AvgIpc) is 2.78. The van der Waals surface area contributed by atoms with Gasteiger partial charge in [0.2, 0.25) is 0 Å². The SMILES string of the molecule is Cc1cc(C)cc(C(=O)Nc2nc3c(s2)CN(C)CC3)c1. The van der Waals surface area contributed by atoms with Gasteiger partial charge in [-0.2, -0.15) is 0 Å². The van der Waals surface area contributed by atoms with Gasteiger partial charge in [-0.15, -0.1) is 11.3 Å². The lowest BCUT2D eigenvalue weighted by atomic mass is 10.1. The fourth-order valence-electron chi connectivity index (χ4n) is 2.65. The summed E-state index contributed by atoms with van der Waals surface area (Å²) in [6.45, 7) is 5.96. The van der Waals surface area contributed by atoms with Gasteiger partial charge in [-0.3, -0.25) is 10.1 Å². The molecular weight excluding hydrogens is 282 g/mol. The molecule has 0 atom stereocenters. The van der Waals surface area contributed by atoms with E-state index in [0.717, 1.165) is 36.3 Å². The van der Waals surface area contributed by atoms with E-state index in [2.05, 4.69) is 28.3 Å². The van der Waals surface area contributed by atoms with Gasteiger partial charge in [0.05, 0.1) is 5.69 Å². The van der Waals surface area contributed by atoms with Gasteiger partial charge >= 0.3 is 0 Å². The number of hydrogen-bond acceptors (Lipinski definition) is 4. The Kier molecular flexibility index (Phi) is 3.78. The standard InChI is InChI=1S/C16H19N3OS/c1-10-6-11(2)8-12(7-10)15(20)18-16-17-13-4-5-19(3)9-14(13)21-16/h6-8H,4-5,9H2,1-3H3,(H,17,18,20). The third kappa shape index (κ3) is 3.14. The summed E-state index contributed by atoms with van der Waals surface area (Å²) in [4.78, 5) is 20.4. The lowest BCUT2D eigenvalue weighted by Gasteiger charge is -2.20. The van der Waals surface area contributed by atoms with Crippen LogP contribution in [0.3, 0.4) is 0 Å². The zero-order chi connectivity index (χ0) is 15.0. The van der Waals surface area contributed by atoms with Crippen molar-refractivity contribution in [3.8, 4) is 0 Å². The van der Waals surface area contributed by atoms with Gasteiger partial charge in [0, 0.05) is 30.0 Å². The van der Waals surface area contributed by atoms with Crippen molar-refractivity contribution in [2.75, 3.05) is 18.9 Å². The first-order valence-electron chi connectivity index (χ1n) is 7.08. The summed E-state index contributed by atoms with van der Waals surface area (Å²) in [5, 5.41) is 3.64. The van der Waals surface area contributed by atoms with Crippen molar-refractivity contribution in [1.29, 1.82) is 0 Å². The number of aryl methyl sites for hydroxylation is 2. The summed E-state index contributed by atoms with van der Waals surface area (Å²) in [5.41, 5.74) is 4.02. The topological polar surface area (TPSA) is 45.2 Å². The van der Waals surface area contributed by atoms with Crippen LogP contribution in [0.1, 0.15) is 32.1 Å². The van der Waals surface area contributed by atoms with Gasteiger partial charge < -0.3 is 4.90 Å². The predicted octanol–water partition coefficient (Wildman–Crippen LogP) is 3.00. The van der Waals surface area contributed by atoms with Crippen LogP contribution < -0.4 is 5.32 Å². The van der Waals surface area contributed by atoms with E-state index in [4.69, 9.17) is 0 Å². The maximum atomic E-state index is 12.3. The Morgan fingerprint density at radius 2 is 2.00 bits per heavy atom. The first kappa shape index (κ1) is 14.2. The number of anilines is 1. The Bertz CT molecular complexity index is 673. The molecule has 3 rings (SSSR count). The van der Waals surface area contributed by atoms with Crippen LogP contribution in [0.15, 0.2) is 18.2 Å². The molecule has 0 bridgehead atoms. The number of nitrogens with one attached hydrogen (secondary N) is 1. The summed E-state index contributed by atoms with van der Waals surface area (Å²) in [6, 6.07) is 5.88. The van der Waals surface area contributed by atoms with E-state index in [9.17, 15) is 4.79 Å². The number of nitrogens with zero attached hydrogens (tertiary/aromatic N) is 2. The minimum absolute atomic E-state index is 0.0822. The molecule has 1 amide bonds. The first-order chi connectivity index (χ1) is 10.0. The number of hydrogen-bond donors (Lipinski definition) is 1. The molecule has 0 spiro atoms. The van der Waals surface area contributed by atoms with Crippen LogP contribution in [0.5, 0.6) is 0 Å². The number of thiazole rings is 1. The Hall–Kier alpha value is -1.72. The number of likely N-dealkylation sites (N-methyl/N-ethyl adjacent to an activating group) is 1. The third-order valence-electron chi connectivity index (χ3n) is 3.63. The second-order valence-electron chi connectivity index (χ2n) is 5.71. The van der Waals surface area contributed by atoms with Crippen molar-refractivity contribution in [3.05, 3.63) is 45.5 Å². The van der Waals surface area contributed by atoms with E-state index in [0.29, 0.717) is 10.7 Å². The average molecular weight is 301 g/mol. The minimum Gasteiger partial charge on any atom is -0.301 e. The van der Waals surface area contributed by atoms with Gasteiger partial charge in [-0.25, -0.2) is 4.98 Å². The summed E-state index contributed by atoms with van der Waals surface area (Å²) >= 11 is 1.59. The zero-order valence-corrected chi connectivity index (χ0v) is 13.4. The Morgan fingerprint density at radius 1 is 1.29 bits per heavy atom. The molecule has 0 aliphatic carbocycles. The Morgan fingerprint density at radius 3 is 2.71 bits per heavy atom. The molecule has 21 heavy (non-hydrogen) atoms. The molecule has 0 fully saturated rings. The van der Waals surface area contributed by atoms with E-state index < -0.39 is 0 Å². The fourth-order valence-corrected chi connectivity index (χ4v) is 3.74. The molecule has 0 unspecified atom stereocenters. The van der Waals surface area contributed by atoms with Crippen LogP contribution in [-0.4, -0.2) is 29.4 Å². The molecule has 4 nitrogen and oxygen atoms in total. The van der Waals surface area contributed by atoms with E-state index in [1.165, 1.54) is 4.88 Å². The van der Waals surface area contributed by atoms with Gasteiger partial charge in [0.25, 0.3) is 5.91 Å². The number of fused-ring (bicyclic) bond motifs is 1. The molecule has 1 aromatic heterocycles. The summed E-state index contributed by atoms with van der Waals surface area (Å²) in [6.07, 6.45) is 0.960. The Balaban J connectivity index is 1.79. The molecule has 1 N–H and O–H groups in total. The molecule has 2 heterocycles. The van der Waals surface area contributed by atoms with E-state index >= 15 is 0 Å². The minimum atomic E-state index is -0.0822. The summed E-state index contributed by atoms with van der Waals surface area (Å²) in [5.74, 6) is -0.0822. The first-order valence-corrected chi connectivity index (χ1v) is 7.89. The summed E-state index contributed by atoms with van der Waals surface area (Å²) in [7, 11) is 2.11. The summed E-state index contributed by atoms with van der Waals surface area (Å²) < 4.78 is 0. The van der Waals surface area contributed by atoms with E-state index in [1.54, 1.807) is 11.3 Å².